The topological polar surface area (TPSA) is 52.3 Å². The van der Waals surface area contributed by atoms with Crippen LogP contribution < -0.4 is 5.73 Å². The molecule has 2 N–H and O–H groups in total. The predicted octanol–water partition coefficient (Wildman–Crippen LogP) is 1.95. The Hall–Kier alpha value is -1.35. The third-order valence-electron chi connectivity index (χ3n) is 2.28. The maximum Gasteiger partial charge on any atom is 0.307 e. The van der Waals surface area contributed by atoms with E-state index < -0.39 is 0 Å². The van der Waals surface area contributed by atoms with Crippen LogP contribution in [-0.2, 0) is 9.53 Å². The van der Waals surface area contributed by atoms with Crippen LogP contribution >= 0.6 is 0 Å². The first-order valence-electron chi connectivity index (χ1n) is 5.10. The fraction of sp³-hybridized carbons (Fsp3) is 0.417. The summed E-state index contributed by atoms with van der Waals surface area (Å²) in [7, 11) is 0. The predicted molar refractivity (Wildman–Crippen MR) is 59.4 cm³/mol. The first kappa shape index (κ1) is 11.7. The summed E-state index contributed by atoms with van der Waals surface area (Å²) in [5, 5.41) is 0. The molecule has 3 heteroatoms. The van der Waals surface area contributed by atoms with Gasteiger partial charge in [0.15, 0.2) is 0 Å². The largest absolute Gasteiger partial charge is 0.458 e. The molecule has 0 heterocycles. The number of carbonyl (C=O) groups is 1. The Morgan fingerprint density at radius 3 is 2.73 bits per heavy atom. The molecule has 1 aromatic rings. The van der Waals surface area contributed by atoms with E-state index in [1.54, 1.807) is 0 Å². The van der Waals surface area contributed by atoms with Crippen molar-refractivity contribution in [2.45, 2.75) is 26.4 Å². The van der Waals surface area contributed by atoms with Gasteiger partial charge in [-0.15, -0.1) is 0 Å². The number of hydrogen-bond acceptors (Lipinski definition) is 3. The summed E-state index contributed by atoms with van der Waals surface area (Å²) in [4.78, 5) is 11.2. The molecule has 0 saturated carbocycles. The first-order chi connectivity index (χ1) is 7.15. The Labute approximate surface area is 90.2 Å². The van der Waals surface area contributed by atoms with Crippen LogP contribution in [0.15, 0.2) is 24.3 Å². The second-order valence-corrected chi connectivity index (χ2v) is 3.53. The minimum absolute atomic E-state index is 0.203. The Kier molecular flexibility index (Phi) is 4.31. The summed E-state index contributed by atoms with van der Waals surface area (Å²) >= 11 is 0. The fourth-order valence-corrected chi connectivity index (χ4v) is 1.48. The van der Waals surface area contributed by atoms with Crippen LogP contribution in [0.2, 0.25) is 0 Å². The molecular formula is C12H17NO2. The molecule has 82 valence electrons. The number of benzene rings is 1. The molecule has 0 aliphatic heterocycles. The summed E-state index contributed by atoms with van der Waals surface area (Å²) in [5.41, 5.74) is 7.45. The molecule has 1 aromatic carbocycles. The summed E-state index contributed by atoms with van der Waals surface area (Å²) < 4.78 is 5.24. The third kappa shape index (κ3) is 3.36. The van der Waals surface area contributed by atoms with Gasteiger partial charge in [-0.1, -0.05) is 24.3 Å². The van der Waals surface area contributed by atoms with Gasteiger partial charge in [0.05, 0.1) is 6.42 Å². The van der Waals surface area contributed by atoms with Crippen LogP contribution in [-0.4, -0.2) is 12.5 Å². The molecular weight excluding hydrogens is 190 g/mol. The van der Waals surface area contributed by atoms with Crippen LogP contribution in [0.4, 0.5) is 0 Å². The van der Waals surface area contributed by atoms with Gasteiger partial charge in [0.25, 0.3) is 0 Å². The van der Waals surface area contributed by atoms with Gasteiger partial charge in [-0.05, 0) is 25.0 Å². The van der Waals surface area contributed by atoms with Gasteiger partial charge < -0.3 is 10.5 Å². The highest BCUT2D eigenvalue weighted by molar-refractivity contribution is 5.69. The van der Waals surface area contributed by atoms with Crippen molar-refractivity contribution in [2.24, 2.45) is 5.73 Å². The monoisotopic (exact) mass is 207 g/mol. The lowest BCUT2D eigenvalue weighted by Crippen LogP contribution is -2.13. The molecule has 0 aromatic heterocycles. The van der Waals surface area contributed by atoms with Gasteiger partial charge in [-0.25, -0.2) is 0 Å². The summed E-state index contributed by atoms with van der Waals surface area (Å²) in [5.74, 6) is -0.242. The average molecular weight is 207 g/mol. The van der Waals surface area contributed by atoms with E-state index in [0.29, 0.717) is 6.54 Å². The van der Waals surface area contributed by atoms with Crippen LogP contribution in [0.25, 0.3) is 0 Å². The zero-order valence-electron chi connectivity index (χ0n) is 9.19. The van der Waals surface area contributed by atoms with E-state index in [0.717, 1.165) is 11.1 Å². The van der Waals surface area contributed by atoms with Crippen molar-refractivity contribution in [3.8, 4) is 0 Å². The molecule has 0 aliphatic carbocycles. The molecule has 0 saturated heterocycles. The number of ether oxygens (including phenoxy) is 1. The highest BCUT2D eigenvalue weighted by Crippen LogP contribution is 2.20. The summed E-state index contributed by atoms with van der Waals surface area (Å²) in [6.45, 7) is 4.21. The van der Waals surface area contributed by atoms with Crippen molar-refractivity contribution in [1.29, 1.82) is 0 Å². The van der Waals surface area contributed by atoms with Gasteiger partial charge in [0.2, 0.25) is 0 Å². The molecule has 1 rings (SSSR count). The highest BCUT2D eigenvalue weighted by atomic mass is 16.5. The summed E-state index contributed by atoms with van der Waals surface area (Å²) in [6.07, 6.45) is 0.0706. The van der Waals surface area contributed by atoms with Crippen LogP contribution in [0, 0.1) is 6.92 Å². The second-order valence-electron chi connectivity index (χ2n) is 3.53. The summed E-state index contributed by atoms with van der Waals surface area (Å²) in [6, 6.07) is 7.88. The number of carbonyl (C=O) groups excluding carboxylic acids is 1. The number of rotatable bonds is 4. The Morgan fingerprint density at radius 2 is 2.13 bits per heavy atom. The number of hydrogen-bond donors (Lipinski definition) is 1. The SMILES string of the molecule is Cc1ccccc1C(C)OC(=O)CCN. The molecule has 0 bridgehead atoms. The molecule has 0 amide bonds. The van der Waals surface area contributed by atoms with Gasteiger partial charge in [0.1, 0.15) is 6.10 Å². The van der Waals surface area contributed by atoms with Crippen molar-refractivity contribution in [3.63, 3.8) is 0 Å². The number of esters is 1. The average Bonchev–Trinajstić information content (AvgIpc) is 2.18. The Morgan fingerprint density at radius 1 is 1.47 bits per heavy atom. The highest BCUT2D eigenvalue weighted by Gasteiger charge is 2.12. The van der Waals surface area contributed by atoms with Crippen LogP contribution in [0.5, 0.6) is 0 Å². The normalized spacial score (nSPS) is 12.2. The van der Waals surface area contributed by atoms with Crippen molar-refractivity contribution in [2.75, 3.05) is 6.54 Å². The van der Waals surface area contributed by atoms with E-state index in [-0.39, 0.29) is 18.5 Å². The molecule has 0 spiro atoms. The van der Waals surface area contributed by atoms with E-state index >= 15 is 0 Å². The molecule has 1 unspecified atom stereocenters. The zero-order valence-corrected chi connectivity index (χ0v) is 9.19. The van der Waals surface area contributed by atoms with Gasteiger partial charge >= 0.3 is 5.97 Å². The van der Waals surface area contributed by atoms with Crippen molar-refractivity contribution >= 4 is 5.97 Å². The van der Waals surface area contributed by atoms with Crippen LogP contribution in [0.3, 0.4) is 0 Å². The molecule has 0 aliphatic rings. The van der Waals surface area contributed by atoms with Crippen LogP contribution in [0.1, 0.15) is 30.6 Å². The van der Waals surface area contributed by atoms with E-state index in [9.17, 15) is 4.79 Å². The van der Waals surface area contributed by atoms with E-state index in [1.807, 2.05) is 38.1 Å². The maximum atomic E-state index is 11.2. The van der Waals surface area contributed by atoms with E-state index in [4.69, 9.17) is 10.5 Å². The minimum atomic E-state index is -0.242. The van der Waals surface area contributed by atoms with Crippen molar-refractivity contribution in [3.05, 3.63) is 35.4 Å². The van der Waals surface area contributed by atoms with E-state index in [2.05, 4.69) is 0 Å². The standard InChI is InChI=1S/C12H17NO2/c1-9-5-3-4-6-11(9)10(2)15-12(14)7-8-13/h3-6,10H,7-8,13H2,1-2H3. The Balaban J connectivity index is 2.65. The number of aryl methyl sites for hydroxylation is 1. The van der Waals surface area contributed by atoms with Crippen molar-refractivity contribution in [1.82, 2.24) is 0 Å². The molecule has 0 fully saturated rings. The molecule has 15 heavy (non-hydrogen) atoms. The van der Waals surface area contributed by atoms with Gasteiger partial charge in [-0.3, -0.25) is 4.79 Å². The third-order valence-corrected chi connectivity index (χ3v) is 2.28. The molecule has 1 atom stereocenters. The minimum Gasteiger partial charge on any atom is -0.458 e. The Bertz CT molecular complexity index is 336. The molecule has 0 radical (unpaired) electrons. The lowest BCUT2D eigenvalue weighted by atomic mass is 10.0. The van der Waals surface area contributed by atoms with E-state index in [1.165, 1.54) is 0 Å². The van der Waals surface area contributed by atoms with Gasteiger partial charge in [0, 0.05) is 6.54 Å². The smallest absolute Gasteiger partial charge is 0.307 e. The quantitative estimate of drug-likeness (QED) is 0.768. The second kappa shape index (κ2) is 5.51. The maximum absolute atomic E-state index is 11.2. The molecule has 3 nitrogen and oxygen atoms in total. The number of nitrogens with two attached hydrogens (primary N) is 1. The lowest BCUT2D eigenvalue weighted by Gasteiger charge is -2.15. The fourth-order valence-electron chi connectivity index (χ4n) is 1.48. The van der Waals surface area contributed by atoms with Crippen molar-refractivity contribution < 1.29 is 9.53 Å². The zero-order chi connectivity index (χ0) is 11.3. The van der Waals surface area contributed by atoms with Gasteiger partial charge in [-0.2, -0.15) is 0 Å². The first-order valence-corrected chi connectivity index (χ1v) is 5.10. The lowest BCUT2D eigenvalue weighted by molar-refractivity contribution is -0.148.